The van der Waals surface area contributed by atoms with Gasteiger partial charge in [0.15, 0.2) is 0 Å². The highest BCUT2D eigenvalue weighted by molar-refractivity contribution is 5.75. The van der Waals surface area contributed by atoms with Crippen molar-refractivity contribution in [3.8, 4) is 0 Å². The monoisotopic (exact) mass is 389 g/mol. The van der Waals surface area contributed by atoms with Gasteiger partial charge < -0.3 is 26.6 Å². The van der Waals surface area contributed by atoms with E-state index in [1.165, 1.54) is 6.20 Å². The third-order valence-corrected chi connectivity index (χ3v) is 3.90. The van der Waals surface area contributed by atoms with Crippen LogP contribution in [0.4, 0.5) is 0 Å². The molecule has 0 aromatic carbocycles. The van der Waals surface area contributed by atoms with Gasteiger partial charge in [-0.15, -0.1) is 0 Å². The average molecular weight is 390 g/mol. The summed E-state index contributed by atoms with van der Waals surface area (Å²) in [4.78, 5) is 11.6. The molecular weight excluding hydrogens is 354 g/mol. The van der Waals surface area contributed by atoms with Crippen LogP contribution >= 0.6 is 0 Å². The second kappa shape index (κ2) is 14.5. The van der Waals surface area contributed by atoms with E-state index in [-0.39, 0.29) is 19.1 Å². The predicted octanol–water partition coefficient (Wildman–Crippen LogP) is 2.21. The van der Waals surface area contributed by atoms with E-state index in [9.17, 15) is 9.90 Å². The summed E-state index contributed by atoms with van der Waals surface area (Å²) in [5, 5.41) is 23.6. The van der Waals surface area contributed by atoms with Crippen LogP contribution < -0.4 is 16.4 Å². The molecule has 0 aliphatic heterocycles. The van der Waals surface area contributed by atoms with Crippen LogP contribution in [0.3, 0.4) is 0 Å². The Morgan fingerprint density at radius 1 is 1.21 bits per heavy atom. The molecule has 0 fully saturated rings. The number of aliphatic hydroxyl groups is 2. The minimum Gasteiger partial charge on any atom is -0.404 e. The fourth-order valence-electron chi connectivity index (χ4n) is 2.24. The first-order chi connectivity index (χ1) is 13.2. The largest absolute Gasteiger partial charge is 0.404 e. The van der Waals surface area contributed by atoms with Crippen molar-refractivity contribution >= 4 is 5.91 Å². The number of rotatable bonds is 13. The second-order valence-electron chi connectivity index (χ2n) is 6.51. The van der Waals surface area contributed by atoms with E-state index in [0.717, 1.165) is 22.3 Å². The number of nitrogens with two attached hydrogens (primary N) is 1. The fraction of sp³-hybridized carbons (Fsp3) is 0.409. The van der Waals surface area contributed by atoms with Crippen molar-refractivity contribution in [3.05, 3.63) is 71.7 Å². The lowest BCUT2D eigenvalue weighted by Gasteiger charge is -2.12. The lowest BCUT2D eigenvalue weighted by atomic mass is 10.0. The van der Waals surface area contributed by atoms with Crippen LogP contribution in [0, 0.1) is 0 Å². The minimum atomic E-state index is -0.930. The lowest BCUT2D eigenvalue weighted by molar-refractivity contribution is -0.121. The molecule has 0 rings (SSSR count). The first-order valence-electron chi connectivity index (χ1n) is 9.34. The fourth-order valence-corrected chi connectivity index (χ4v) is 2.24. The van der Waals surface area contributed by atoms with Gasteiger partial charge in [0.2, 0.25) is 5.91 Å². The van der Waals surface area contributed by atoms with Gasteiger partial charge in [-0.25, -0.2) is 0 Å². The molecule has 1 amide bonds. The van der Waals surface area contributed by atoms with E-state index in [2.05, 4.69) is 23.8 Å². The second-order valence-corrected chi connectivity index (χ2v) is 6.51. The third-order valence-electron chi connectivity index (χ3n) is 3.90. The zero-order valence-corrected chi connectivity index (χ0v) is 17.3. The van der Waals surface area contributed by atoms with Crippen molar-refractivity contribution in [2.24, 2.45) is 5.73 Å². The Morgan fingerprint density at radius 3 is 2.46 bits per heavy atom. The van der Waals surface area contributed by atoms with Crippen molar-refractivity contribution in [2.75, 3.05) is 19.7 Å². The highest BCUT2D eigenvalue weighted by Crippen LogP contribution is 2.16. The molecule has 1 atom stereocenters. The normalized spacial score (nSPS) is 14.1. The molecule has 0 spiro atoms. The first kappa shape index (κ1) is 25.4. The van der Waals surface area contributed by atoms with Crippen LogP contribution in [0.1, 0.15) is 33.6 Å². The van der Waals surface area contributed by atoms with Crippen LogP contribution in [0.5, 0.6) is 0 Å². The van der Waals surface area contributed by atoms with Crippen molar-refractivity contribution in [1.82, 2.24) is 10.6 Å². The number of nitrogens with one attached hydrogen (secondary N) is 2. The van der Waals surface area contributed by atoms with E-state index in [4.69, 9.17) is 10.8 Å². The number of carbonyl (C=O) groups is 1. The Morgan fingerprint density at radius 2 is 1.89 bits per heavy atom. The van der Waals surface area contributed by atoms with Gasteiger partial charge in [-0.1, -0.05) is 37.0 Å². The predicted molar refractivity (Wildman–Crippen MR) is 116 cm³/mol. The highest BCUT2D eigenvalue weighted by Gasteiger charge is 2.06. The standard InChI is InChI=1S/C22H35N3O3/c1-6-8-16(2)11-17(3)18(4)12-20(13-23)19(5)24-10-7-9-22(28)25-14-21(27)15-26/h6,8,11-13,21,24,26-27H,3,5,7,9-10,14-15,23H2,1-2,4H3,(H,25,28)/b8-6-,16-11-,18-12+,20-13+. The Hall–Kier alpha value is -2.57. The third kappa shape index (κ3) is 11.2. The maximum Gasteiger partial charge on any atom is 0.220 e. The van der Waals surface area contributed by atoms with Crippen LogP contribution in [0.15, 0.2) is 71.7 Å². The van der Waals surface area contributed by atoms with E-state index in [1.54, 1.807) is 0 Å². The minimum absolute atomic E-state index is 0.0471. The quantitative estimate of drug-likeness (QED) is 0.245. The van der Waals surface area contributed by atoms with E-state index < -0.39 is 6.10 Å². The summed E-state index contributed by atoms with van der Waals surface area (Å²) in [6.07, 6.45) is 9.36. The van der Waals surface area contributed by atoms with Crippen molar-refractivity contribution in [2.45, 2.75) is 39.7 Å². The Labute approximate surface area is 168 Å². The molecule has 6 N–H and O–H groups in total. The summed E-state index contributed by atoms with van der Waals surface area (Å²) in [7, 11) is 0. The summed E-state index contributed by atoms with van der Waals surface area (Å²) in [6.45, 7) is 14.2. The van der Waals surface area contributed by atoms with Crippen molar-refractivity contribution in [1.29, 1.82) is 0 Å². The molecule has 1 unspecified atom stereocenters. The maximum atomic E-state index is 11.6. The smallest absolute Gasteiger partial charge is 0.220 e. The molecule has 6 nitrogen and oxygen atoms in total. The topological polar surface area (TPSA) is 108 Å². The molecule has 0 saturated carbocycles. The summed E-state index contributed by atoms with van der Waals surface area (Å²) in [5.74, 6) is -0.176. The molecule has 0 aliphatic rings. The molecule has 0 saturated heterocycles. The van der Waals surface area contributed by atoms with Gasteiger partial charge in [0.05, 0.1) is 12.7 Å². The molecular formula is C22H35N3O3. The molecule has 6 heteroatoms. The Balaban J connectivity index is 4.52. The molecule has 0 bridgehead atoms. The molecule has 28 heavy (non-hydrogen) atoms. The number of hydrogen-bond donors (Lipinski definition) is 5. The molecule has 0 radical (unpaired) electrons. The molecule has 0 heterocycles. The van der Waals surface area contributed by atoms with Crippen molar-refractivity contribution < 1.29 is 15.0 Å². The average Bonchev–Trinajstić information content (AvgIpc) is 2.66. The number of allylic oxidation sites excluding steroid dienone is 7. The SMILES string of the molecule is C=C(/C=C(C)\C=C/C)/C(C)=C/C(=C\N)C(=C)NCCCC(=O)NCC(O)CO. The van der Waals surface area contributed by atoms with E-state index in [0.29, 0.717) is 25.1 Å². The molecule has 0 aliphatic carbocycles. The zero-order chi connectivity index (χ0) is 21.5. The summed E-state index contributed by atoms with van der Waals surface area (Å²) in [5.41, 5.74) is 10.1. The van der Waals surface area contributed by atoms with Gasteiger partial charge >= 0.3 is 0 Å². The van der Waals surface area contributed by atoms with Crippen molar-refractivity contribution in [3.63, 3.8) is 0 Å². The summed E-state index contributed by atoms with van der Waals surface area (Å²) >= 11 is 0. The van der Waals surface area contributed by atoms with Gasteiger partial charge in [-0.3, -0.25) is 4.79 Å². The van der Waals surface area contributed by atoms with Gasteiger partial charge in [-0.2, -0.15) is 0 Å². The number of hydrogen-bond acceptors (Lipinski definition) is 5. The lowest BCUT2D eigenvalue weighted by Crippen LogP contribution is -2.34. The van der Waals surface area contributed by atoms with Gasteiger partial charge in [0.25, 0.3) is 0 Å². The van der Waals surface area contributed by atoms with Crippen LogP contribution in [0.25, 0.3) is 0 Å². The molecule has 0 aromatic heterocycles. The molecule has 0 aromatic rings. The van der Waals surface area contributed by atoms with Crippen LogP contribution in [0.2, 0.25) is 0 Å². The first-order valence-corrected chi connectivity index (χ1v) is 9.34. The van der Waals surface area contributed by atoms with Gasteiger partial charge in [-0.05, 0) is 44.4 Å². The zero-order valence-electron chi connectivity index (χ0n) is 17.3. The number of amides is 1. The van der Waals surface area contributed by atoms with Crippen LogP contribution in [-0.2, 0) is 4.79 Å². The highest BCUT2D eigenvalue weighted by atomic mass is 16.3. The summed E-state index contributed by atoms with van der Waals surface area (Å²) in [6, 6.07) is 0. The molecule has 156 valence electrons. The number of aliphatic hydroxyl groups excluding tert-OH is 2. The Bertz CT molecular complexity index is 658. The Kier molecular flexibility index (Phi) is 13.2. The van der Waals surface area contributed by atoms with Gasteiger partial charge in [0.1, 0.15) is 0 Å². The van der Waals surface area contributed by atoms with E-state index in [1.807, 2.05) is 45.1 Å². The summed E-state index contributed by atoms with van der Waals surface area (Å²) < 4.78 is 0. The maximum absolute atomic E-state index is 11.6. The van der Waals surface area contributed by atoms with Gasteiger partial charge in [0, 0.05) is 37.0 Å². The number of carbonyl (C=O) groups excluding carboxylic acids is 1. The van der Waals surface area contributed by atoms with Crippen LogP contribution in [-0.4, -0.2) is 41.9 Å². The van der Waals surface area contributed by atoms with E-state index >= 15 is 0 Å².